The molecule has 0 fully saturated rings. The molecule has 21 heavy (non-hydrogen) atoms. The highest BCUT2D eigenvalue weighted by Gasteiger charge is 2.14. The zero-order chi connectivity index (χ0) is 15.9. The van der Waals surface area contributed by atoms with Crippen molar-refractivity contribution in [2.24, 2.45) is 0 Å². The summed E-state index contributed by atoms with van der Waals surface area (Å²) in [7, 11) is -1.95. The fourth-order valence-electron chi connectivity index (χ4n) is 1.62. The van der Waals surface area contributed by atoms with Crippen LogP contribution in [-0.4, -0.2) is 39.4 Å². The van der Waals surface area contributed by atoms with Crippen LogP contribution in [0.2, 0.25) is 0 Å². The number of carbonyl (C=O) groups excluding carboxylic acids is 1. The average molecular weight is 379 g/mol. The van der Waals surface area contributed by atoms with Crippen LogP contribution in [0.25, 0.3) is 0 Å². The third kappa shape index (κ3) is 6.56. The van der Waals surface area contributed by atoms with E-state index in [2.05, 4.69) is 26.0 Å². The smallest absolute Gasteiger partial charge is 0.240 e. The number of sulfonamides is 1. The van der Waals surface area contributed by atoms with Gasteiger partial charge >= 0.3 is 0 Å². The normalized spacial score (nSPS) is 12.9. The van der Waals surface area contributed by atoms with E-state index in [9.17, 15) is 13.2 Å². The van der Waals surface area contributed by atoms with Gasteiger partial charge in [-0.15, -0.1) is 0 Å². The Morgan fingerprint density at radius 1 is 1.33 bits per heavy atom. The van der Waals surface area contributed by atoms with Crippen LogP contribution in [-0.2, 0) is 19.6 Å². The van der Waals surface area contributed by atoms with Crippen molar-refractivity contribution in [3.05, 3.63) is 24.3 Å². The largest absolute Gasteiger partial charge is 0.384 e. The quantitative estimate of drug-likeness (QED) is 0.674. The van der Waals surface area contributed by atoms with E-state index in [4.69, 9.17) is 4.74 Å². The number of hydrogen-bond acceptors (Lipinski definition) is 4. The van der Waals surface area contributed by atoms with Crippen LogP contribution in [0, 0.1) is 0 Å². The Bertz CT molecular complexity index is 560. The van der Waals surface area contributed by atoms with Crippen LogP contribution in [0.3, 0.4) is 0 Å². The van der Waals surface area contributed by atoms with Crippen molar-refractivity contribution in [1.82, 2.24) is 4.72 Å². The van der Waals surface area contributed by atoms with Crippen molar-refractivity contribution in [1.29, 1.82) is 0 Å². The van der Waals surface area contributed by atoms with Gasteiger partial charge < -0.3 is 10.1 Å². The molecule has 0 heterocycles. The van der Waals surface area contributed by atoms with Crippen molar-refractivity contribution in [2.45, 2.75) is 23.1 Å². The van der Waals surface area contributed by atoms with Crippen molar-refractivity contribution >= 4 is 37.5 Å². The predicted molar refractivity (Wildman–Crippen MR) is 85.1 cm³/mol. The first-order chi connectivity index (χ1) is 9.85. The number of alkyl halides is 1. The maximum absolute atomic E-state index is 12.1. The topological polar surface area (TPSA) is 84.5 Å². The van der Waals surface area contributed by atoms with Gasteiger partial charge in [-0.25, -0.2) is 13.1 Å². The molecule has 1 atom stereocenters. The van der Waals surface area contributed by atoms with Crippen molar-refractivity contribution < 1.29 is 17.9 Å². The summed E-state index contributed by atoms with van der Waals surface area (Å²) in [5.74, 6) is -0.203. The van der Waals surface area contributed by atoms with Gasteiger partial charge in [0, 0.05) is 31.1 Å². The lowest BCUT2D eigenvalue weighted by molar-refractivity contribution is -0.114. The number of benzene rings is 1. The van der Waals surface area contributed by atoms with Gasteiger partial charge in [-0.05, 0) is 30.7 Å². The average Bonchev–Trinajstić information content (AvgIpc) is 2.38. The summed E-state index contributed by atoms with van der Waals surface area (Å²) in [5, 5.41) is 2.58. The van der Waals surface area contributed by atoms with E-state index >= 15 is 0 Å². The van der Waals surface area contributed by atoms with Gasteiger partial charge in [0.1, 0.15) is 0 Å². The molecule has 0 saturated heterocycles. The number of rotatable bonds is 8. The number of carbonyl (C=O) groups is 1. The van der Waals surface area contributed by atoms with E-state index in [0.29, 0.717) is 25.3 Å². The molecule has 0 aliphatic carbocycles. The van der Waals surface area contributed by atoms with E-state index < -0.39 is 10.0 Å². The number of amides is 1. The lowest BCUT2D eigenvalue weighted by atomic mass is 10.3. The van der Waals surface area contributed by atoms with Crippen LogP contribution in [0.1, 0.15) is 13.3 Å². The van der Waals surface area contributed by atoms with E-state index in [1.54, 1.807) is 19.2 Å². The minimum atomic E-state index is -3.54. The Balaban J connectivity index is 2.59. The zero-order valence-electron chi connectivity index (χ0n) is 11.9. The number of nitrogens with one attached hydrogen (secondary N) is 2. The molecular formula is C13H19BrN2O4S. The molecule has 6 nitrogen and oxygen atoms in total. The molecule has 8 heteroatoms. The Morgan fingerprint density at radius 2 is 1.95 bits per heavy atom. The summed E-state index contributed by atoms with van der Waals surface area (Å²) >= 11 is 3.39. The molecule has 0 spiro atoms. The van der Waals surface area contributed by atoms with Gasteiger partial charge in [-0.2, -0.15) is 0 Å². The lowest BCUT2D eigenvalue weighted by Gasteiger charge is -2.10. The molecule has 1 rings (SSSR count). The van der Waals surface area contributed by atoms with E-state index in [1.165, 1.54) is 19.1 Å². The highest BCUT2D eigenvalue weighted by atomic mass is 79.9. The third-order valence-corrected chi connectivity index (χ3v) is 4.78. The standard InChI is InChI=1S/C13H19BrN2O4S/c1-10(17)16-12-3-5-13(6-4-12)21(18,19)15-8-7-11(14)9-20-2/h3-6,11,15H,7-9H2,1-2H3,(H,16,17). The van der Waals surface area contributed by atoms with Crippen molar-refractivity contribution in [3.63, 3.8) is 0 Å². The summed E-state index contributed by atoms with van der Waals surface area (Å²) in [6.45, 7) is 2.23. The van der Waals surface area contributed by atoms with E-state index in [1.807, 2.05) is 0 Å². The number of anilines is 1. The predicted octanol–water partition coefficient (Wildman–Crippen LogP) is 1.72. The summed E-state index contributed by atoms with van der Waals surface area (Å²) in [6, 6.07) is 6.01. The lowest BCUT2D eigenvalue weighted by Crippen LogP contribution is -2.27. The van der Waals surface area contributed by atoms with Crippen molar-refractivity contribution in [2.75, 3.05) is 25.6 Å². The molecule has 0 aromatic heterocycles. The Kier molecular flexibility index (Phi) is 7.30. The molecule has 0 radical (unpaired) electrons. The SMILES string of the molecule is COCC(Br)CCNS(=O)(=O)c1ccc(NC(C)=O)cc1. The second-order valence-corrected chi connectivity index (χ2v) is 7.51. The third-order valence-electron chi connectivity index (χ3n) is 2.58. The molecule has 0 bridgehead atoms. The van der Waals surface area contributed by atoms with Crippen LogP contribution in [0.4, 0.5) is 5.69 Å². The Hall–Kier alpha value is -0.960. The zero-order valence-corrected chi connectivity index (χ0v) is 14.3. The van der Waals surface area contributed by atoms with Crippen LogP contribution < -0.4 is 10.0 Å². The van der Waals surface area contributed by atoms with Gasteiger partial charge in [0.15, 0.2) is 0 Å². The highest BCUT2D eigenvalue weighted by Crippen LogP contribution is 2.14. The summed E-state index contributed by atoms with van der Waals surface area (Å²) < 4.78 is 31.6. The molecule has 1 unspecified atom stereocenters. The first-order valence-electron chi connectivity index (χ1n) is 6.35. The molecule has 1 aromatic rings. The first kappa shape index (κ1) is 18.1. The van der Waals surface area contributed by atoms with Gasteiger partial charge in [0.2, 0.25) is 15.9 Å². The van der Waals surface area contributed by atoms with E-state index in [0.717, 1.165) is 0 Å². The second kappa shape index (κ2) is 8.47. The summed E-state index contributed by atoms with van der Waals surface area (Å²) in [6.07, 6.45) is 0.622. The molecule has 1 aromatic carbocycles. The molecule has 1 amide bonds. The second-order valence-electron chi connectivity index (χ2n) is 4.44. The molecular weight excluding hydrogens is 360 g/mol. The number of halogens is 1. The number of hydrogen-bond donors (Lipinski definition) is 2. The maximum Gasteiger partial charge on any atom is 0.240 e. The first-order valence-corrected chi connectivity index (χ1v) is 8.75. The highest BCUT2D eigenvalue weighted by molar-refractivity contribution is 9.09. The van der Waals surface area contributed by atoms with Gasteiger partial charge in [-0.3, -0.25) is 4.79 Å². The number of ether oxygens (including phenoxy) is 1. The monoisotopic (exact) mass is 378 g/mol. The Labute approximate surface area is 133 Å². The van der Waals surface area contributed by atoms with Crippen LogP contribution in [0.15, 0.2) is 29.2 Å². The van der Waals surface area contributed by atoms with Gasteiger partial charge in [0.05, 0.1) is 11.5 Å². The number of methoxy groups -OCH3 is 1. The van der Waals surface area contributed by atoms with Gasteiger partial charge in [-0.1, -0.05) is 15.9 Å². The van der Waals surface area contributed by atoms with Crippen molar-refractivity contribution in [3.8, 4) is 0 Å². The Morgan fingerprint density at radius 3 is 2.48 bits per heavy atom. The van der Waals surface area contributed by atoms with Crippen LogP contribution >= 0.6 is 15.9 Å². The van der Waals surface area contributed by atoms with E-state index in [-0.39, 0.29) is 15.6 Å². The fourth-order valence-corrected chi connectivity index (χ4v) is 3.16. The molecule has 0 saturated carbocycles. The molecule has 0 aliphatic rings. The summed E-state index contributed by atoms with van der Waals surface area (Å²) in [4.78, 5) is 11.2. The molecule has 0 aliphatic heterocycles. The van der Waals surface area contributed by atoms with Gasteiger partial charge in [0.25, 0.3) is 0 Å². The minimum absolute atomic E-state index is 0.104. The fraction of sp³-hybridized carbons (Fsp3) is 0.462. The minimum Gasteiger partial charge on any atom is -0.384 e. The molecule has 2 N–H and O–H groups in total. The maximum atomic E-state index is 12.1. The summed E-state index contributed by atoms with van der Waals surface area (Å²) in [5.41, 5.74) is 0.557. The molecule has 118 valence electrons. The van der Waals surface area contributed by atoms with Crippen LogP contribution in [0.5, 0.6) is 0 Å².